The number of rotatable bonds is 5. The molecule has 0 radical (unpaired) electrons. The Hall–Kier alpha value is -2.22. The molecular weight excluding hydrogens is 336 g/mol. The van der Waals surface area contributed by atoms with Crippen molar-refractivity contribution in [2.75, 3.05) is 26.8 Å². The molecule has 0 saturated carbocycles. The lowest BCUT2D eigenvalue weighted by atomic mass is 10.2. The predicted octanol–water partition coefficient (Wildman–Crippen LogP) is 2.67. The maximum Gasteiger partial charge on any atom is 0.151 e. The molecule has 0 bridgehead atoms. The summed E-state index contributed by atoms with van der Waals surface area (Å²) >= 11 is 1.63. The van der Waals surface area contributed by atoms with Gasteiger partial charge in [0.2, 0.25) is 0 Å². The summed E-state index contributed by atoms with van der Waals surface area (Å²) in [6.07, 6.45) is 5.89. The van der Waals surface area contributed by atoms with Crippen molar-refractivity contribution in [3.63, 3.8) is 0 Å². The molecule has 4 rings (SSSR count). The molecule has 25 heavy (non-hydrogen) atoms. The molecule has 3 heterocycles. The van der Waals surface area contributed by atoms with Gasteiger partial charge in [-0.3, -0.25) is 0 Å². The lowest BCUT2D eigenvalue weighted by Crippen LogP contribution is -2.40. The van der Waals surface area contributed by atoms with Gasteiger partial charge in [0.1, 0.15) is 10.8 Å². The van der Waals surface area contributed by atoms with E-state index in [9.17, 15) is 0 Å². The molecular formula is C18H20N4O2S. The number of ether oxygens (including phenoxy) is 2. The quantitative estimate of drug-likeness (QED) is 0.762. The van der Waals surface area contributed by atoms with Crippen LogP contribution in [0.5, 0.6) is 5.75 Å². The molecule has 2 aromatic heterocycles. The van der Waals surface area contributed by atoms with Crippen LogP contribution in [0.25, 0.3) is 21.3 Å². The van der Waals surface area contributed by atoms with Crippen LogP contribution in [0.1, 0.15) is 0 Å². The van der Waals surface area contributed by atoms with Crippen molar-refractivity contribution in [1.82, 2.24) is 19.9 Å². The number of hydrogen-bond acceptors (Lipinski definition) is 6. The highest BCUT2D eigenvalue weighted by atomic mass is 32.1. The van der Waals surface area contributed by atoms with Crippen LogP contribution in [-0.4, -0.2) is 47.4 Å². The van der Waals surface area contributed by atoms with Crippen molar-refractivity contribution in [2.45, 2.75) is 12.6 Å². The Balaban J connectivity index is 1.57. The van der Waals surface area contributed by atoms with Crippen LogP contribution in [0.15, 0.2) is 42.9 Å². The number of methoxy groups -OCH3 is 1. The molecule has 0 amide bonds. The highest BCUT2D eigenvalue weighted by Gasteiger charge is 2.17. The number of aromatic nitrogens is 3. The summed E-state index contributed by atoms with van der Waals surface area (Å²) in [5, 5.41) is 4.32. The van der Waals surface area contributed by atoms with Crippen molar-refractivity contribution < 1.29 is 9.47 Å². The number of thiazole rings is 1. The molecule has 0 spiro atoms. The second-order valence-corrected chi connectivity index (χ2v) is 6.89. The minimum Gasteiger partial charge on any atom is -0.497 e. The smallest absolute Gasteiger partial charge is 0.151 e. The van der Waals surface area contributed by atoms with Gasteiger partial charge in [-0.05, 0) is 12.1 Å². The Labute approximate surface area is 150 Å². The van der Waals surface area contributed by atoms with Gasteiger partial charge in [0, 0.05) is 37.2 Å². The zero-order valence-corrected chi connectivity index (χ0v) is 14.8. The zero-order chi connectivity index (χ0) is 17.1. The van der Waals surface area contributed by atoms with E-state index in [1.807, 2.05) is 42.9 Å². The average molecular weight is 356 g/mol. The lowest BCUT2D eigenvalue weighted by molar-refractivity contribution is 0.0185. The predicted molar refractivity (Wildman–Crippen MR) is 97.9 cm³/mol. The van der Waals surface area contributed by atoms with Crippen LogP contribution in [0, 0.1) is 0 Å². The minimum atomic E-state index is 0.174. The van der Waals surface area contributed by atoms with Crippen LogP contribution in [0.3, 0.4) is 0 Å². The normalized spacial score (nSPS) is 17.6. The topological polar surface area (TPSA) is 61.2 Å². The van der Waals surface area contributed by atoms with Crippen LogP contribution < -0.4 is 10.1 Å². The highest BCUT2D eigenvalue weighted by Crippen LogP contribution is 2.32. The molecule has 130 valence electrons. The van der Waals surface area contributed by atoms with E-state index in [1.165, 1.54) is 0 Å². The van der Waals surface area contributed by atoms with Crippen LogP contribution in [0.4, 0.5) is 0 Å². The Morgan fingerprint density at radius 1 is 1.40 bits per heavy atom. The number of morpholine rings is 1. The van der Waals surface area contributed by atoms with Gasteiger partial charge in [-0.1, -0.05) is 12.1 Å². The van der Waals surface area contributed by atoms with Gasteiger partial charge in [-0.15, -0.1) is 11.3 Å². The van der Waals surface area contributed by atoms with E-state index in [0.717, 1.165) is 53.3 Å². The largest absolute Gasteiger partial charge is 0.497 e. The monoisotopic (exact) mass is 356 g/mol. The van der Waals surface area contributed by atoms with Crippen LogP contribution in [-0.2, 0) is 11.3 Å². The molecule has 7 heteroatoms. The van der Waals surface area contributed by atoms with E-state index in [0.29, 0.717) is 0 Å². The third-order valence-electron chi connectivity index (χ3n) is 4.16. The van der Waals surface area contributed by atoms with E-state index < -0.39 is 0 Å². The maximum atomic E-state index is 5.80. The van der Waals surface area contributed by atoms with Gasteiger partial charge in [-0.25, -0.2) is 9.97 Å². The van der Waals surface area contributed by atoms with E-state index >= 15 is 0 Å². The number of benzene rings is 1. The number of nitrogens with one attached hydrogen (secondary N) is 1. The Morgan fingerprint density at radius 3 is 3.20 bits per heavy atom. The lowest BCUT2D eigenvalue weighted by Gasteiger charge is -2.24. The number of imidazole rings is 1. The first kappa shape index (κ1) is 16.3. The third kappa shape index (κ3) is 3.58. The SMILES string of the molecule is COc1cccc(-c2ncc(-c3nccn3CC3CNCCO3)s2)c1. The van der Waals surface area contributed by atoms with E-state index in [4.69, 9.17) is 9.47 Å². The molecule has 1 saturated heterocycles. The summed E-state index contributed by atoms with van der Waals surface area (Å²) in [7, 11) is 1.67. The molecule has 0 aliphatic carbocycles. The van der Waals surface area contributed by atoms with E-state index in [-0.39, 0.29) is 6.10 Å². The van der Waals surface area contributed by atoms with Crippen LogP contribution in [0.2, 0.25) is 0 Å². The van der Waals surface area contributed by atoms with Gasteiger partial charge in [0.15, 0.2) is 5.82 Å². The van der Waals surface area contributed by atoms with Gasteiger partial charge >= 0.3 is 0 Å². The molecule has 6 nitrogen and oxygen atoms in total. The van der Waals surface area contributed by atoms with Crippen molar-refractivity contribution >= 4 is 11.3 Å². The van der Waals surface area contributed by atoms with E-state index in [2.05, 4.69) is 19.9 Å². The molecule has 1 aliphatic heterocycles. The summed E-state index contributed by atoms with van der Waals surface area (Å²) < 4.78 is 13.2. The summed E-state index contributed by atoms with van der Waals surface area (Å²) in [4.78, 5) is 10.1. The Morgan fingerprint density at radius 2 is 2.36 bits per heavy atom. The van der Waals surface area contributed by atoms with Crippen molar-refractivity contribution in [2.24, 2.45) is 0 Å². The fourth-order valence-corrected chi connectivity index (χ4v) is 3.83. The summed E-state index contributed by atoms with van der Waals surface area (Å²) in [6, 6.07) is 7.95. The minimum absolute atomic E-state index is 0.174. The average Bonchev–Trinajstić information content (AvgIpc) is 3.32. The molecule has 1 atom stereocenters. The molecule has 3 aromatic rings. The Kier molecular flexibility index (Phi) is 4.78. The Bertz CT molecular complexity index is 839. The number of nitrogens with zero attached hydrogens (tertiary/aromatic N) is 3. The fourth-order valence-electron chi connectivity index (χ4n) is 2.91. The third-order valence-corrected chi connectivity index (χ3v) is 5.21. The van der Waals surface area contributed by atoms with Gasteiger partial charge in [-0.2, -0.15) is 0 Å². The first-order valence-corrected chi connectivity index (χ1v) is 9.09. The first-order valence-electron chi connectivity index (χ1n) is 8.27. The molecule has 1 aromatic carbocycles. The fraction of sp³-hybridized carbons (Fsp3) is 0.333. The first-order chi connectivity index (χ1) is 12.3. The second-order valence-electron chi connectivity index (χ2n) is 5.86. The highest BCUT2D eigenvalue weighted by molar-refractivity contribution is 7.18. The van der Waals surface area contributed by atoms with Gasteiger partial charge in [0.25, 0.3) is 0 Å². The van der Waals surface area contributed by atoms with Gasteiger partial charge < -0.3 is 19.4 Å². The zero-order valence-electron chi connectivity index (χ0n) is 14.0. The van der Waals surface area contributed by atoms with Crippen LogP contribution >= 0.6 is 11.3 Å². The van der Waals surface area contributed by atoms with Crippen molar-refractivity contribution in [3.8, 4) is 27.0 Å². The molecule has 1 unspecified atom stereocenters. The van der Waals surface area contributed by atoms with E-state index in [1.54, 1.807) is 18.4 Å². The summed E-state index contributed by atoms with van der Waals surface area (Å²) in [5.74, 6) is 1.76. The molecule has 1 aliphatic rings. The standard InChI is InChI=1S/C18H20N4O2S/c1-23-14-4-2-3-13(9-14)18-21-11-16(25-18)17-20-5-7-22(17)12-15-10-19-6-8-24-15/h2-5,7,9,11,15,19H,6,8,10,12H2,1H3. The maximum absolute atomic E-state index is 5.80. The number of hydrogen-bond donors (Lipinski definition) is 1. The van der Waals surface area contributed by atoms with Crippen molar-refractivity contribution in [1.29, 1.82) is 0 Å². The molecule has 1 N–H and O–H groups in total. The second kappa shape index (κ2) is 7.35. The van der Waals surface area contributed by atoms with Gasteiger partial charge in [0.05, 0.1) is 31.2 Å². The summed E-state index contributed by atoms with van der Waals surface area (Å²) in [6.45, 7) is 3.34. The van der Waals surface area contributed by atoms with Crippen molar-refractivity contribution in [3.05, 3.63) is 42.9 Å². The molecule has 1 fully saturated rings. The summed E-state index contributed by atoms with van der Waals surface area (Å²) in [5.41, 5.74) is 1.05.